The van der Waals surface area contributed by atoms with E-state index in [0.717, 1.165) is 0 Å². The summed E-state index contributed by atoms with van der Waals surface area (Å²) < 4.78 is 5.25. The van der Waals surface area contributed by atoms with Crippen LogP contribution < -0.4 is 29.7 Å². The number of hydrogen-bond donors (Lipinski definition) is 1. The van der Waals surface area contributed by atoms with Gasteiger partial charge in [0.2, 0.25) is 0 Å². The number of rotatable bonds is 2. The number of aliphatic carboxylic acids is 1. The molecule has 0 radical (unpaired) electrons. The number of carbonyl (C=O) groups is 2. The molecule has 19 heavy (non-hydrogen) atoms. The summed E-state index contributed by atoms with van der Waals surface area (Å²) >= 11 is 0. The summed E-state index contributed by atoms with van der Waals surface area (Å²) in [6.07, 6.45) is 0.0373. The minimum atomic E-state index is -1.14. The molecule has 2 unspecified atom stereocenters. The van der Waals surface area contributed by atoms with E-state index in [1.54, 1.807) is 20.8 Å². The molecule has 7 heteroatoms. The van der Waals surface area contributed by atoms with E-state index >= 15 is 0 Å². The van der Waals surface area contributed by atoms with E-state index in [1.807, 2.05) is 0 Å². The third-order valence-electron chi connectivity index (χ3n) is 2.87. The zero-order valence-electron chi connectivity index (χ0n) is 12.1. The van der Waals surface area contributed by atoms with Gasteiger partial charge in [-0.15, -0.1) is 0 Å². The molecule has 1 heterocycles. The van der Waals surface area contributed by atoms with Crippen LogP contribution in [-0.2, 0) is 9.53 Å². The molecule has 1 fully saturated rings. The molecule has 0 aromatic heterocycles. The molecule has 0 saturated carbocycles. The summed E-state index contributed by atoms with van der Waals surface area (Å²) in [4.78, 5) is 24.0. The van der Waals surface area contributed by atoms with Crippen LogP contribution in [0.25, 0.3) is 0 Å². The Bertz CT molecular complexity index is 330. The molecule has 0 aliphatic carbocycles. The Kier molecular flexibility index (Phi) is 6.91. The number of hydrogen-bond acceptors (Lipinski definition) is 5. The monoisotopic (exact) mass is 264 g/mol. The summed E-state index contributed by atoms with van der Waals surface area (Å²) in [6, 6.07) is -0.207. The topological polar surface area (TPSA) is 95.7 Å². The van der Waals surface area contributed by atoms with Crippen molar-refractivity contribution in [3.8, 4) is 0 Å². The van der Waals surface area contributed by atoms with Crippen molar-refractivity contribution in [2.45, 2.75) is 45.3 Å². The van der Waals surface area contributed by atoms with E-state index < -0.39 is 17.7 Å². The maximum Gasteiger partial charge on any atom is 1.00 e. The maximum absolute atomic E-state index is 11.9. The summed E-state index contributed by atoms with van der Waals surface area (Å²) in [5, 5.41) is 10.6. The number of piperidine rings is 1. The Morgan fingerprint density at radius 2 is 2.00 bits per heavy atom. The predicted molar refractivity (Wildman–Crippen MR) is 63.5 cm³/mol. The summed E-state index contributed by atoms with van der Waals surface area (Å²) in [5.41, 5.74) is 5.29. The fourth-order valence-corrected chi connectivity index (χ4v) is 1.97. The molecule has 0 aromatic carbocycles. The van der Waals surface area contributed by atoms with Crippen LogP contribution in [0.5, 0.6) is 0 Å². The van der Waals surface area contributed by atoms with Gasteiger partial charge in [-0.1, -0.05) is 0 Å². The number of carboxylic acid groups (broad SMARTS) is 1. The Morgan fingerprint density at radius 1 is 1.42 bits per heavy atom. The van der Waals surface area contributed by atoms with Gasteiger partial charge < -0.3 is 25.3 Å². The van der Waals surface area contributed by atoms with E-state index in [-0.39, 0.29) is 37.2 Å². The van der Waals surface area contributed by atoms with Gasteiger partial charge in [0.25, 0.3) is 0 Å². The van der Waals surface area contributed by atoms with Gasteiger partial charge >= 0.3 is 25.0 Å². The van der Waals surface area contributed by atoms with E-state index in [0.29, 0.717) is 19.5 Å². The predicted octanol–water partition coefficient (Wildman–Crippen LogP) is -3.29. The van der Waals surface area contributed by atoms with Crippen molar-refractivity contribution in [2.75, 3.05) is 13.1 Å². The average Bonchev–Trinajstić information content (AvgIpc) is 2.17. The molecule has 1 aliphatic heterocycles. The second-order valence-electron chi connectivity index (χ2n) is 5.72. The first-order valence-corrected chi connectivity index (χ1v) is 6.12. The van der Waals surface area contributed by atoms with Gasteiger partial charge in [0.15, 0.2) is 0 Å². The number of ether oxygens (including phenoxy) is 1. The zero-order valence-corrected chi connectivity index (χ0v) is 12.1. The van der Waals surface area contributed by atoms with E-state index in [2.05, 4.69) is 0 Å². The van der Waals surface area contributed by atoms with Gasteiger partial charge in [-0.25, -0.2) is 4.79 Å². The van der Waals surface area contributed by atoms with Gasteiger partial charge in [-0.2, -0.15) is 0 Å². The summed E-state index contributed by atoms with van der Waals surface area (Å²) in [5.74, 6) is -1.40. The Balaban J connectivity index is 0.00000324. The smallest absolute Gasteiger partial charge is 0.550 e. The van der Waals surface area contributed by atoms with Crippen LogP contribution in [0.15, 0.2) is 0 Å². The van der Waals surface area contributed by atoms with E-state index in [1.165, 1.54) is 4.90 Å². The van der Waals surface area contributed by atoms with Crippen LogP contribution in [-0.4, -0.2) is 41.7 Å². The van der Waals surface area contributed by atoms with Crippen molar-refractivity contribution in [3.05, 3.63) is 0 Å². The molecular weight excluding hydrogens is 243 g/mol. The van der Waals surface area contributed by atoms with Gasteiger partial charge in [-0.3, -0.25) is 0 Å². The van der Waals surface area contributed by atoms with Crippen LogP contribution in [0.4, 0.5) is 4.79 Å². The molecule has 104 valence electrons. The summed E-state index contributed by atoms with van der Waals surface area (Å²) in [7, 11) is 0. The molecular formula is C12H21LiN2O4. The third-order valence-corrected chi connectivity index (χ3v) is 2.87. The molecule has 0 aromatic rings. The zero-order chi connectivity index (χ0) is 13.9. The maximum atomic E-state index is 11.9. The number of nitrogens with two attached hydrogens (primary N) is 1. The normalized spacial score (nSPS) is 23.5. The molecule has 2 N–H and O–H groups in total. The summed E-state index contributed by atoms with van der Waals surface area (Å²) in [6.45, 7) is 6.18. The van der Waals surface area contributed by atoms with Crippen molar-refractivity contribution in [2.24, 2.45) is 11.7 Å². The van der Waals surface area contributed by atoms with Gasteiger partial charge in [0.1, 0.15) is 5.60 Å². The second kappa shape index (κ2) is 7.18. The fourth-order valence-electron chi connectivity index (χ4n) is 1.97. The molecule has 1 amide bonds. The minimum absolute atomic E-state index is 0. The van der Waals surface area contributed by atoms with Crippen molar-refractivity contribution in [1.82, 2.24) is 4.90 Å². The van der Waals surface area contributed by atoms with Crippen LogP contribution in [0.3, 0.4) is 0 Å². The number of nitrogens with zero attached hydrogens (tertiary/aromatic N) is 1. The van der Waals surface area contributed by atoms with E-state index in [9.17, 15) is 14.7 Å². The molecule has 1 saturated heterocycles. The number of likely N-dealkylation sites (tertiary alicyclic amines) is 1. The molecule has 1 rings (SSSR count). The fraction of sp³-hybridized carbons (Fsp3) is 0.833. The molecule has 0 bridgehead atoms. The second-order valence-corrected chi connectivity index (χ2v) is 5.72. The van der Waals surface area contributed by atoms with E-state index in [4.69, 9.17) is 10.5 Å². The van der Waals surface area contributed by atoms with Gasteiger partial charge in [0, 0.05) is 25.1 Å². The first-order valence-electron chi connectivity index (χ1n) is 6.12. The Hall–Kier alpha value is -0.703. The Morgan fingerprint density at radius 3 is 2.47 bits per heavy atom. The first-order chi connectivity index (χ1) is 8.19. The quantitative estimate of drug-likeness (QED) is 0.527. The van der Waals surface area contributed by atoms with Crippen molar-refractivity contribution >= 4 is 12.1 Å². The Labute approximate surface area is 125 Å². The molecule has 0 spiro atoms. The van der Waals surface area contributed by atoms with Crippen LogP contribution in [0.1, 0.15) is 33.6 Å². The molecule has 6 nitrogen and oxygen atoms in total. The van der Waals surface area contributed by atoms with Gasteiger partial charge in [-0.05, 0) is 39.5 Å². The molecule has 2 atom stereocenters. The number of carboxylic acids is 1. The number of carbonyl (C=O) groups excluding carboxylic acids is 2. The third kappa shape index (κ3) is 6.33. The first kappa shape index (κ1) is 18.3. The molecule has 1 aliphatic rings. The average molecular weight is 264 g/mol. The van der Waals surface area contributed by atoms with Crippen molar-refractivity contribution < 1.29 is 38.3 Å². The van der Waals surface area contributed by atoms with Crippen molar-refractivity contribution in [1.29, 1.82) is 0 Å². The number of amides is 1. The standard InChI is InChI=1S/C12H22N2O4.Li/c1-12(2,3)18-11(17)14-5-4-9(13)8(7-14)6-10(15)16;/h8-9H,4-7,13H2,1-3H3,(H,15,16);/q;+1/p-1. The van der Waals surface area contributed by atoms with Crippen LogP contribution >= 0.6 is 0 Å². The van der Waals surface area contributed by atoms with Gasteiger partial charge in [0.05, 0.1) is 0 Å². The van der Waals surface area contributed by atoms with Crippen LogP contribution in [0, 0.1) is 5.92 Å². The minimum Gasteiger partial charge on any atom is -0.550 e. The van der Waals surface area contributed by atoms with Crippen molar-refractivity contribution in [3.63, 3.8) is 0 Å². The SMILES string of the molecule is CC(C)(C)OC(=O)N1CCC(N)C(CC(=O)[O-])C1.[Li+]. The largest absolute Gasteiger partial charge is 1.00 e. The van der Waals surface area contributed by atoms with Crippen LogP contribution in [0.2, 0.25) is 0 Å².